The molecule has 28 heavy (non-hydrogen) atoms. The zero-order chi connectivity index (χ0) is 20.3. The third kappa shape index (κ3) is 3.56. The summed E-state index contributed by atoms with van der Waals surface area (Å²) < 4.78 is 21.3. The predicted molar refractivity (Wildman–Crippen MR) is 101 cm³/mol. The van der Waals surface area contributed by atoms with E-state index in [1.807, 2.05) is 13.0 Å². The maximum Gasteiger partial charge on any atom is 0.170 e. The van der Waals surface area contributed by atoms with E-state index in [0.717, 1.165) is 0 Å². The Morgan fingerprint density at radius 2 is 2.25 bits per heavy atom. The zero-order valence-electron chi connectivity index (χ0n) is 15.2. The second-order valence-electron chi connectivity index (χ2n) is 6.02. The first-order valence-corrected chi connectivity index (χ1v) is 8.39. The molecule has 3 aromatic rings. The number of nitriles is 1. The third-order valence-corrected chi connectivity index (χ3v) is 3.97. The number of anilines is 3. The molecular weight excluding hydrogens is 365 g/mol. The van der Waals surface area contributed by atoms with Crippen molar-refractivity contribution in [1.29, 1.82) is 5.26 Å². The number of nitrogen functional groups attached to an aromatic ring is 1. The Labute approximate surface area is 159 Å². The molecule has 0 saturated carbocycles. The summed E-state index contributed by atoms with van der Waals surface area (Å²) in [5, 5.41) is 19.3. The first kappa shape index (κ1) is 19.1. The molecule has 0 spiro atoms. The number of carbonyl (C=O) groups excluding carboxylic acids is 1. The number of aromatic nitrogens is 3. The van der Waals surface area contributed by atoms with Crippen LogP contribution in [0.1, 0.15) is 22.8 Å². The maximum absolute atomic E-state index is 14.2. The van der Waals surface area contributed by atoms with E-state index in [0.29, 0.717) is 18.6 Å². The number of benzene rings is 1. The molecule has 10 heteroatoms. The number of ether oxygens (including phenoxy) is 1. The van der Waals surface area contributed by atoms with E-state index in [1.54, 1.807) is 19.3 Å². The minimum atomic E-state index is -0.693. The van der Waals surface area contributed by atoms with Gasteiger partial charge in [0.05, 0.1) is 0 Å². The Bertz CT molecular complexity index is 1070. The van der Waals surface area contributed by atoms with Crippen molar-refractivity contribution in [2.24, 2.45) is 0 Å². The highest BCUT2D eigenvalue weighted by molar-refractivity contribution is 5.91. The normalized spacial score (nSPS) is 11.8. The molecule has 1 unspecified atom stereocenters. The molecule has 0 radical (unpaired) electrons. The number of carbonyl (C=O) groups is 1. The lowest BCUT2D eigenvalue weighted by Crippen LogP contribution is -2.26. The Kier molecular flexibility index (Phi) is 5.37. The van der Waals surface area contributed by atoms with Gasteiger partial charge in [-0.25, -0.2) is 13.9 Å². The summed E-state index contributed by atoms with van der Waals surface area (Å²) in [5.41, 5.74) is 6.01. The van der Waals surface area contributed by atoms with Crippen LogP contribution in [-0.4, -0.2) is 40.6 Å². The number of fused-ring (bicyclic) bond motifs is 1. The van der Waals surface area contributed by atoms with Crippen LogP contribution in [0.2, 0.25) is 0 Å². The highest BCUT2D eigenvalue weighted by Gasteiger charge is 2.18. The van der Waals surface area contributed by atoms with Crippen LogP contribution in [0.5, 0.6) is 5.75 Å². The van der Waals surface area contributed by atoms with Crippen LogP contribution in [0, 0.1) is 17.1 Å². The lowest BCUT2D eigenvalue weighted by Gasteiger charge is -2.19. The van der Waals surface area contributed by atoms with Crippen molar-refractivity contribution in [1.82, 2.24) is 19.9 Å². The van der Waals surface area contributed by atoms with E-state index < -0.39 is 5.82 Å². The first-order chi connectivity index (χ1) is 13.5. The molecule has 0 aliphatic carbocycles. The highest BCUT2D eigenvalue weighted by atomic mass is 19.1. The molecule has 2 aromatic heterocycles. The number of hydrogen-bond donors (Lipinski definition) is 3. The summed E-state index contributed by atoms with van der Waals surface area (Å²) in [6.45, 7) is 2.39. The van der Waals surface area contributed by atoms with Gasteiger partial charge in [-0.2, -0.15) is 5.26 Å². The van der Waals surface area contributed by atoms with Gasteiger partial charge in [0.25, 0.3) is 0 Å². The summed E-state index contributed by atoms with van der Waals surface area (Å²) in [4.78, 5) is 15.5. The van der Waals surface area contributed by atoms with Crippen LogP contribution in [0.3, 0.4) is 0 Å². The molecule has 9 nitrogen and oxygen atoms in total. The molecular formula is C18H18FN7O2. The van der Waals surface area contributed by atoms with Crippen LogP contribution < -0.4 is 21.1 Å². The largest absolute Gasteiger partial charge is 0.487 e. The van der Waals surface area contributed by atoms with Crippen LogP contribution in [0.4, 0.5) is 21.7 Å². The highest BCUT2D eigenvalue weighted by Crippen LogP contribution is 2.33. The number of halogens is 1. The SMILES string of the molecule is CNCC(C)Oc1ccc(F)c(C#N)c1Nc1ccn2nc(N)c(C=O)c2n1. The van der Waals surface area contributed by atoms with Crippen LogP contribution in [0.25, 0.3) is 5.65 Å². The van der Waals surface area contributed by atoms with Gasteiger partial charge in [0.1, 0.15) is 46.4 Å². The summed E-state index contributed by atoms with van der Waals surface area (Å²) in [5.74, 6) is -0.0790. The van der Waals surface area contributed by atoms with Crippen molar-refractivity contribution < 1.29 is 13.9 Å². The lowest BCUT2D eigenvalue weighted by atomic mass is 10.1. The van der Waals surface area contributed by atoms with E-state index in [2.05, 4.69) is 20.7 Å². The van der Waals surface area contributed by atoms with E-state index in [9.17, 15) is 14.4 Å². The fraction of sp³-hybridized carbons (Fsp3) is 0.222. The molecule has 144 valence electrons. The van der Waals surface area contributed by atoms with Crippen molar-refractivity contribution in [3.63, 3.8) is 0 Å². The van der Waals surface area contributed by atoms with Gasteiger partial charge in [-0.3, -0.25) is 4.79 Å². The first-order valence-electron chi connectivity index (χ1n) is 8.39. The van der Waals surface area contributed by atoms with E-state index in [-0.39, 0.29) is 40.2 Å². The summed E-state index contributed by atoms with van der Waals surface area (Å²) in [6.07, 6.45) is 1.88. The zero-order valence-corrected chi connectivity index (χ0v) is 15.2. The Morgan fingerprint density at radius 1 is 1.46 bits per heavy atom. The van der Waals surface area contributed by atoms with Crippen LogP contribution in [-0.2, 0) is 0 Å². The monoisotopic (exact) mass is 383 g/mol. The van der Waals surface area contributed by atoms with Gasteiger partial charge in [0, 0.05) is 12.7 Å². The number of nitrogens with one attached hydrogen (secondary N) is 2. The number of nitrogens with two attached hydrogens (primary N) is 1. The van der Waals surface area contributed by atoms with Gasteiger partial charge in [-0.1, -0.05) is 0 Å². The standard InChI is InChI=1S/C18H18FN7O2/c1-10(8-22-2)28-14-4-3-13(19)11(7-20)16(14)23-15-5-6-26-18(24-15)12(9-27)17(21)25-26/h3-6,9-10,22H,8H2,1-2H3,(H2,21,25)(H,23,24). The molecule has 3 rings (SSSR count). The topological polar surface area (TPSA) is 130 Å². The Hall–Kier alpha value is -3.71. The molecule has 0 amide bonds. The molecule has 0 fully saturated rings. The van der Waals surface area contributed by atoms with Gasteiger partial charge in [-0.05, 0) is 32.2 Å². The maximum atomic E-state index is 14.2. The quantitative estimate of drug-likeness (QED) is 0.527. The number of aldehydes is 1. The average Bonchev–Trinajstić information content (AvgIpc) is 2.98. The molecule has 2 heterocycles. The average molecular weight is 383 g/mol. The second kappa shape index (κ2) is 7.89. The number of nitrogens with zero attached hydrogens (tertiary/aromatic N) is 4. The molecule has 1 aromatic carbocycles. The fourth-order valence-electron chi connectivity index (χ4n) is 2.71. The predicted octanol–water partition coefficient (Wildman–Crippen LogP) is 1.87. The van der Waals surface area contributed by atoms with Gasteiger partial charge >= 0.3 is 0 Å². The molecule has 0 aliphatic rings. The van der Waals surface area contributed by atoms with Crippen molar-refractivity contribution >= 4 is 29.3 Å². The van der Waals surface area contributed by atoms with E-state index in [4.69, 9.17) is 10.5 Å². The van der Waals surface area contributed by atoms with Crippen molar-refractivity contribution in [3.8, 4) is 11.8 Å². The fourth-order valence-corrected chi connectivity index (χ4v) is 2.71. The van der Waals surface area contributed by atoms with Gasteiger partial charge in [-0.15, -0.1) is 5.10 Å². The minimum absolute atomic E-state index is 0.0491. The van der Waals surface area contributed by atoms with Crippen molar-refractivity contribution in [2.45, 2.75) is 13.0 Å². The van der Waals surface area contributed by atoms with Gasteiger partial charge in [0.15, 0.2) is 17.8 Å². The molecule has 4 N–H and O–H groups in total. The van der Waals surface area contributed by atoms with Crippen LogP contribution in [0.15, 0.2) is 24.4 Å². The molecule has 0 aliphatic heterocycles. The van der Waals surface area contributed by atoms with Crippen LogP contribution >= 0.6 is 0 Å². The molecule has 1 atom stereocenters. The minimum Gasteiger partial charge on any atom is -0.487 e. The Balaban J connectivity index is 2.05. The smallest absolute Gasteiger partial charge is 0.170 e. The third-order valence-electron chi connectivity index (χ3n) is 3.97. The molecule has 0 saturated heterocycles. The van der Waals surface area contributed by atoms with E-state index >= 15 is 0 Å². The number of likely N-dealkylation sites (N-methyl/N-ethyl adjacent to an activating group) is 1. The van der Waals surface area contributed by atoms with E-state index in [1.165, 1.54) is 16.6 Å². The van der Waals surface area contributed by atoms with Gasteiger partial charge < -0.3 is 21.1 Å². The lowest BCUT2D eigenvalue weighted by molar-refractivity contribution is 0.112. The summed E-state index contributed by atoms with van der Waals surface area (Å²) >= 11 is 0. The number of rotatable bonds is 7. The Morgan fingerprint density at radius 3 is 2.93 bits per heavy atom. The summed E-state index contributed by atoms with van der Waals surface area (Å²) in [7, 11) is 1.78. The number of hydrogen-bond acceptors (Lipinski definition) is 8. The summed E-state index contributed by atoms with van der Waals surface area (Å²) in [6, 6.07) is 6.01. The second-order valence-corrected chi connectivity index (χ2v) is 6.02. The molecule has 0 bridgehead atoms. The van der Waals surface area contributed by atoms with Gasteiger partial charge in [0.2, 0.25) is 0 Å². The van der Waals surface area contributed by atoms with Crippen molar-refractivity contribution in [3.05, 3.63) is 41.3 Å². The van der Waals surface area contributed by atoms with Crippen molar-refractivity contribution in [2.75, 3.05) is 24.6 Å².